The summed E-state index contributed by atoms with van der Waals surface area (Å²) in [7, 11) is 0. The van der Waals surface area contributed by atoms with E-state index in [0.29, 0.717) is 10.6 Å². The smallest absolute Gasteiger partial charge is 0.392 e. The van der Waals surface area contributed by atoms with Crippen molar-refractivity contribution in [2.24, 2.45) is 5.92 Å². The van der Waals surface area contributed by atoms with E-state index in [4.69, 9.17) is 16.7 Å². The van der Waals surface area contributed by atoms with E-state index < -0.39 is 24.0 Å². The molecule has 0 aliphatic heterocycles. The third kappa shape index (κ3) is 3.16. The molecule has 1 rings (SSSR count). The zero-order valence-electron chi connectivity index (χ0n) is 9.75. The molecule has 0 aromatic heterocycles. The van der Waals surface area contributed by atoms with E-state index in [9.17, 15) is 18.0 Å². The Morgan fingerprint density at radius 3 is 2.33 bits per heavy atom. The van der Waals surface area contributed by atoms with Crippen LogP contribution in [0, 0.1) is 12.8 Å². The first-order valence-electron chi connectivity index (χ1n) is 5.20. The molecule has 6 heteroatoms. The van der Waals surface area contributed by atoms with Gasteiger partial charge >= 0.3 is 12.1 Å². The van der Waals surface area contributed by atoms with Gasteiger partial charge in [0.15, 0.2) is 0 Å². The summed E-state index contributed by atoms with van der Waals surface area (Å²) in [5.74, 6) is -5.08. The Kier molecular flexibility index (Phi) is 4.27. The van der Waals surface area contributed by atoms with Crippen LogP contribution in [-0.2, 0) is 4.79 Å². The van der Waals surface area contributed by atoms with Gasteiger partial charge in [0.25, 0.3) is 0 Å². The third-order valence-corrected chi connectivity index (χ3v) is 3.08. The van der Waals surface area contributed by atoms with Crippen molar-refractivity contribution in [2.45, 2.75) is 25.9 Å². The van der Waals surface area contributed by atoms with Crippen LogP contribution in [0.3, 0.4) is 0 Å². The predicted octanol–water partition coefficient (Wildman–Crippen LogP) is 4.02. The lowest BCUT2D eigenvalue weighted by molar-refractivity contribution is -0.183. The largest absolute Gasteiger partial charge is 0.481 e. The van der Waals surface area contributed by atoms with Gasteiger partial charge in [0.1, 0.15) is 0 Å². The second-order valence-electron chi connectivity index (χ2n) is 4.15. The zero-order chi connectivity index (χ0) is 14.1. The molecule has 1 aromatic rings. The number of alkyl halides is 3. The van der Waals surface area contributed by atoms with Crippen LogP contribution in [0.1, 0.15) is 24.0 Å². The van der Waals surface area contributed by atoms with Crippen LogP contribution < -0.4 is 0 Å². The SMILES string of the molecule is Cc1cc(Cl)ccc1C(C(=O)O)[C@@H](C)C(F)(F)F. The number of hydrogen-bond donors (Lipinski definition) is 1. The van der Waals surface area contributed by atoms with Gasteiger partial charge in [-0.1, -0.05) is 24.6 Å². The van der Waals surface area contributed by atoms with E-state index in [1.807, 2.05) is 0 Å². The molecule has 1 N–H and O–H groups in total. The molecule has 2 atom stereocenters. The first-order chi connectivity index (χ1) is 8.14. The minimum absolute atomic E-state index is 0.136. The predicted molar refractivity (Wildman–Crippen MR) is 61.8 cm³/mol. The molecule has 0 saturated heterocycles. The fraction of sp³-hybridized carbons (Fsp3) is 0.417. The van der Waals surface area contributed by atoms with Crippen molar-refractivity contribution in [2.75, 3.05) is 0 Å². The van der Waals surface area contributed by atoms with E-state index in [0.717, 1.165) is 6.92 Å². The summed E-state index contributed by atoms with van der Waals surface area (Å²) < 4.78 is 38.0. The van der Waals surface area contributed by atoms with Gasteiger partial charge in [-0.2, -0.15) is 13.2 Å². The van der Waals surface area contributed by atoms with E-state index in [2.05, 4.69) is 0 Å². The first kappa shape index (κ1) is 14.8. The van der Waals surface area contributed by atoms with Crippen molar-refractivity contribution in [1.29, 1.82) is 0 Å². The van der Waals surface area contributed by atoms with Crippen LogP contribution in [0.5, 0.6) is 0 Å². The molecule has 0 saturated carbocycles. The third-order valence-electron chi connectivity index (χ3n) is 2.85. The lowest BCUT2D eigenvalue weighted by atomic mass is 9.84. The molecule has 0 aliphatic carbocycles. The van der Waals surface area contributed by atoms with Crippen molar-refractivity contribution < 1.29 is 23.1 Å². The van der Waals surface area contributed by atoms with Crippen LogP contribution in [0.25, 0.3) is 0 Å². The molecule has 0 fully saturated rings. The van der Waals surface area contributed by atoms with E-state index in [-0.39, 0.29) is 5.56 Å². The fourth-order valence-electron chi connectivity index (χ4n) is 1.79. The van der Waals surface area contributed by atoms with Gasteiger partial charge in [0, 0.05) is 5.02 Å². The Hall–Kier alpha value is -1.23. The second-order valence-corrected chi connectivity index (χ2v) is 4.58. The molecule has 100 valence electrons. The molecular formula is C12H12ClF3O2. The zero-order valence-corrected chi connectivity index (χ0v) is 10.5. The first-order valence-corrected chi connectivity index (χ1v) is 5.58. The number of carbonyl (C=O) groups is 1. The number of aliphatic carboxylic acids is 1. The topological polar surface area (TPSA) is 37.3 Å². The van der Waals surface area contributed by atoms with Crippen molar-refractivity contribution >= 4 is 17.6 Å². The van der Waals surface area contributed by atoms with Gasteiger partial charge in [-0.3, -0.25) is 4.79 Å². The van der Waals surface area contributed by atoms with Crippen LogP contribution in [0.2, 0.25) is 5.02 Å². The average Bonchev–Trinajstić information content (AvgIpc) is 2.19. The highest BCUT2D eigenvalue weighted by molar-refractivity contribution is 6.30. The summed E-state index contributed by atoms with van der Waals surface area (Å²) in [6, 6.07) is 4.18. The molecule has 0 aliphatic rings. The highest BCUT2D eigenvalue weighted by atomic mass is 35.5. The second kappa shape index (κ2) is 5.18. The Morgan fingerprint density at radius 1 is 1.39 bits per heavy atom. The summed E-state index contributed by atoms with van der Waals surface area (Å²) in [6.07, 6.45) is -4.56. The van der Waals surface area contributed by atoms with Gasteiger partial charge in [0.2, 0.25) is 0 Å². The van der Waals surface area contributed by atoms with E-state index in [1.54, 1.807) is 6.92 Å². The summed E-state index contributed by atoms with van der Waals surface area (Å²) in [5.41, 5.74) is 0.572. The maximum absolute atomic E-state index is 12.7. The molecule has 0 heterocycles. The molecule has 18 heavy (non-hydrogen) atoms. The highest BCUT2D eigenvalue weighted by Crippen LogP contribution is 2.38. The normalized spacial score (nSPS) is 15.2. The summed E-state index contributed by atoms with van der Waals surface area (Å²) in [6.45, 7) is 2.41. The molecule has 0 amide bonds. The molecule has 0 bridgehead atoms. The molecule has 2 nitrogen and oxygen atoms in total. The Labute approximate surface area is 107 Å². The highest BCUT2D eigenvalue weighted by Gasteiger charge is 2.45. The van der Waals surface area contributed by atoms with Crippen molar-refractivity contribution in [3.8, 4) is 0 Å². The fourth-order valence-corrected chi connectivity index (χ4v) is 2.02. The van der Waals surface area contributed by atoms with E-state index in [1.165, 1.54) is 18.2 Å². The number of carboxylic acids is 1. The molecule has 0 spiro atoms. The van der Waals surface area contributed by atoms with Crippen molar-refractivity contribution in [3.63, 3.8) is 0 Å². The Bertz CT molecular complexity index is 457. The van der Waals surface area contributed by atoms with Gasteiger partial charge in [0.05, 0.1) is 11.8 Å². The van der Waals surface area contributed by atoms with Crippen LogP contribution in [0.15, 0.2) is 18.2 Å². The van der Waals surface area contributed by atoms with Gasteiger partial charge in [-0.15, -0.1) is 0 Å². The standard InChI is InChI=1S/C12H12ClF3O2/c1-6-5-8(13)3-4-9(6)10(11(17)18)7(2)12(14,15)16/h3-5,7,10H,1-2H3,(H,17,18)/t7-,10?/m1/s1. The Morgan fingerprint density at radius 2 is 1.94 bits per heavy atom. The molecule has 1 aromatic carbocycles. The monoisotopic (exact) mass is 280 g/mol. The molecule has 0 radical (unpaired) electrons. The maximum Gasteiger partial charge on any atom is 0.392 e. The van der Waals surface area contributed by atoms with Crippen LogP contribution >= 0.6 is 11.6 Å². The number of aryl methyl sites for hydroxylation is 1. The lowest BCUT2D eigenvalue weighted by Crippen LogP contribution is -2.31. The van der Waals surface area contributed by atoms with Gasteiger partial charge in [-0.05, 0) is 30.2 Å². The number of rotatable bonds is 3. The number of halogens is 4. The maximum atomic E-state index is 12.7. The number of carboxylic acid groups (broad SMARTS) is 1. The quantitative estimate of drug-likeness (QED) is 0.908. The number of benzene rings is 1. The van der Waals surface area contributed by atoms with Crippen molar-refractivity contribution in [1.82, 2.24) is 0 Å². The summed E-state index contributed by atoms with van der Waals surface area (Å²) in [5, 5.41) is 9.38. The van der Waals surface area contributed by atoms with Crippen molar-refractivity contribution in [3.05, 3.63) is 34.3 Å². The van der Waals surface area contributed by atoms with Crippen LogP contribution in [-0.4, -0.2) is 17.3 Å². The van der Waals surface area contributed by atoms with Gasteiger partial charge in [-0.25, -0.2) is 0 Å². The summed E-state index contributed by atoms with van der Waals surface area (Å²) in [4.78, 5) is 11.1. The average molecular weight is 281 g/mol. The van der Waals surface area contributed by atoms with E-state index >= 15 is 0 Å². The van der Waals surface area contributed by atoms with Gasteiger partial charge < -0.3 is 5.11 Å². The minimum Gasteiger partial charge on any atom is -0.481 e. The molecule has 1 unspecified atom stereocenters. The van der Waals surface area contributed by atoms with Crippen LogP contribution in [0.4, 0.5) is 13.2 Å². The summed E-state index contributed by atoms with van der Waals surface area (Å²) >= 11 is 5.70. The number of hydrogen-bond acceptors (Lipinski definition) is 1. The Balaban J connectivity index is 3.25. The lowest BCUT2D eigenvalue weighted by Gasteiger charge is -2.24. The molecular weight excluding hydrogens is 269 g/mol. The minimum atomic E-state index is -4.56.